The molecule has 4 heteroatoms. The van der Waals surface area contributed by atoms with E-state index < -0.39 is 5.91 Å². The predicted molar refractivity (Wildman–Crippen MR) is 60.7 cm³/mol. The van der Waals surface area contributed by atoms with Crippen LogP contribution in [0.3, 0.4) is 0 Å². The van der Waals surface area contributed by atoms with Gasteiger partial charge in [-0.25, -0.2) is 4.57 Å². The number of halogens is 1. The van der Waals surface area contributed by atoms with Gasteiger partial charge in [0.1, 0.15) is 0 Å². The number of aromatic nitrogens is 1. The fourth-order valence-electron chi connectivity index (χ4n) is 1.52. The summed E-state index contributed by atoms with van der Waals surface area (Å²) in [6, 6.07) is 13.6. The van der Waals surface area contributed by atoms with Crippen molar-refractivity contribution in [2.75, 3.05) is 0 Å². The van der Waals surface area contributed by atoms with Crippen molar-refractivity contribution in [2.45, 2.75) is 6.54 Å². The Morgan fingerprint density at radius 1 is 1.06 bits per heavy atom. The molecule has 0 unspecified atom stereocenters. The van der Waals surface area contributed by atoms with Crippen molar-refractivity contribution < 1.29 is 33.3 Å². The minimum Gasteiger partial charge on any atom is -1.00 e. The highest BCUT2D eigenvalue weighted by Gasteiger charge is 2.04. The van der Waals surface area contributed by atoms with Crippen LogP contribution in [-0.4, -0.2) is 5.91 Å². The topological polar surface area (TPSA) is 47.0 Å². The molecule has 0 aliphatic heterocycles. The van der Waals surface area contributed by atoms with Gasteiger partial charge in [-0.1, -0.05) is 30.3 Å². The molecule has 1 heterocycles. The molecule has 2 N–H and O–H groups in total. The lowest BCUT2D eigenvalue weighted by Crippen LogP contribution is -3.00. The van der Waals surface area contributed by atoms with Gasteiger partial charge in [-0.15, -0.1) is 0 Å². The first-order valence-electron chi connectivity index (χ1n) is 5.08. The summed E-state index contributed by atoms with van der Waals surface area (Å²) in [4.78, 5) is 10.9. The molecule has 0 saturated heterocycles. The highest BCUT2D eigenvalue weighted by molar-refractivity contribution is 5.92. The molecule has 0 bridgehead atoms. The molecular weight excluding hydrogens is 327 g/mol. The third-order valence-corrected chi connectivity index (χ3v) is 2.38. The fourth-order valence-corrected chi connectivity index (χ4v) is 1.52. The Balaban J connectivity index is 0.00000144. The Hall–Kier alpha value is -1.43. The van der Waals surface area contributed by atoms with Crippen LogP contribution < -0.4 is 34.3 Å². The first kappa shape index (κ1) is 13.6. The first-order valence-corrected chi connectivity index (χ1v) is 5.08. The van der Waals surface area contributed by atoms with E-state index >= 15 is 0 Å². The molecule has 0 saturated carbocycles. The smallest absolute Gasteiger partial charge is 0.249 e. The first-order chi connectivity index (χ1) is 7.75. The summed E-state index contributed by atoms with van der Waals surface area (Å²) in [6.07, 6.45) is 3.71. The molecular formula is C13H13IN2O. The molecule has 1 aromatic heterocycles. The maximum absolute atomic E-state index is 10.9. The number of benzene rings is 1. The summed E-state index contributed by atoms with van der Waals surface area (Å²) in [7, 11) is 0. The third kappa shape index (κ3) is 3.81. The monoisotopic (exact) mass is 340 g/mol. The average Bonchev–Trinajstić information content (AvgIpc) is 2.31. The van der Waals surface area contributed by atoms with Crippen molar-refractivity contribution in [1.29, 1.82) is 0 Å². The van der Waals surface area contributed by atoms with E-state index in [4.69, 9.17) is 5.73 Å². The maximum atomic E-state index is 10.9. The number of nitrogens with two attached hydrogens (primary N) is 1. The third-order valence-electron chi connectivity index (χ3n) is 2.38. The molecule has 1 amide bonds. The van der Waals surface area contributed by atoms with Crippen LogP contribution in [0.4, 0.5) is 0 Å². The summed E-state index contributed by atoms with van der Waals surface area (Å²) in [5.74, 6) is -0.396. The van der Waals surface area contributed by atoms with E-state index in [0.717, 1.165) is 6.54 Å². The van der Waals surface area contributed by atoms with Crippen LogP contribution in [0.2, 0.25) is 0 Å². The van der Waals surface area contributed by atoms with Crippen molar-refractivity contribution in [1.82, 2.24) is 0 Å². The quantitative estimate of drug-likeness (QED) is 0.516. The van der Waals surface area contributed by atoms with E-state index in [-0.39, 0.29) is 24.0 Å². The van der Waals surface area contributed by atoms with Crippen molar-refractivity contribution in [3.05, 3.63) is 66.0 Å². The van der Waals surface area contributed by atoms with Crippen LogP contribution in [0.5, 0.6) is 0 Å². The summed E-state index contributed by atoms with van der Waals surface area (Å²) < 4.78 is 2.00. The molecule has 17 heavy (non-hydrogen) atoms. The van der Waals surface area contributed by atoms with Crippen LogP contribution in [0.1, 0.15) is 15.9 Å². The van der Waals surface area contributed by atoms with Crippen LogP contribution in [0.15, 0.2) is 54.9 Å². The van der Waals surface area contributed by atoms with Gasteiger partial charge in [-0.05, 0) is 0 Å². The van der Waals surface area contributed by atoms with E-state index in [1.807, 2.05) is 35.2 Å². The number of carbonyl (C=O) groups excluding carboxylic acids is 1. The van der Waals surface area contributed by atoms with E-state index in [2.05, 4.69) is 12.1 Å². The summed E-state index contributed by atoms with van der Waals surface area (Å²) >= 11 is 0. The van der Waals surface area contributed by atoms with Crippen molar-refractivity contribution in [3.8, 4) is 0 Å². The molecule has 2 aromatic rings. The van der Waals surface area contributed by atoms with E-state index in [0.29, 0.717) is 5.56 Å². The lowest BCUT2D eigenvalue weighted by atomic mass is 10.2. The predicted octanol–water partition coefficient (Wildman–Crippen LogP) is -1.87. The number of nitrogens with zero attached hydrogens (tertiary/aromatic N) is 1. The highest BCUT2D eigenvalue weighted by atomic mass is 127. The largest absolute Gasteiger partial charge is 1.00 e. The summed E-state index contributed by atoms with van der Waals surface area (Å²) in [5, 5.41) is 0. The second-order valence-corrected chi connectivity index (χ2v) is 3.61. The van der Waals surface area contributed by atoms with Crippen LogP contribution in [-0.2, 0) is 6.54 Å². The zero-order chi connectivity index (χ0) is 11.4. The number of hydrogen-bond acceptors (Lipinski definition) is 1. The molecule has 3 nitrogen and oxygen atoms in total. The molecule has 0 aliphatic carbocycles. The van der Waals surface area contributed by atoms with Crippen LogP contribution in [0, 0.1) is 0 Å². The molecule has 0 fully saturated rings. The molecule has 88 valence electrons. The van der Waals surface area contributed by atoms with Crippen LogP contribution in [0.25, 0.3) is 0 Å². The number of primary amides is 1. The average molecular weight is 340 g/mol. The van der Waals surface area contributed by atoms with Crippen LogP contribution >= 0.6 is 0 Å². The molecule has 0 atom stereocenters. The fraction of sp³-hybridized carbons (Fsp3) is 0.0769. The standard InChI is InChI=1S/C13H12N2O.HI/c14-13(16)12-6-8-15(9-7-12)10-11-4-2-1-3-5-11;/h1-9H,10H2,(H-,14,16);1H. The maximum Gasteiger partial charge on any atom is 0.249 e. The van der Waals surface area contributed by atoms with Gasteiger partial charge in [0.2, 0.25) is 5.91 Å². The zero-order valence-electron chi connectivity index (χ0n) is 9.21. The second kappa shape index (κ2) is 6.34. The Morgan fingerprint density at radius 2 is 1.65 bits per heavy atom. The minimum atomic E-state index is -0.396. The van der Waals surface area contributed by atoms with Crippen molar-refractivity contribution in [3.63, 3.8) is 0 Å². The Bertz CT molecular complexity index is 483. The normalized spacial score (nSPS) is 9.41. The van der Waals surface area contributed by atoms with Gasteiger partial charge < -0.3 is 29.7 Å². The molecule has 2 rings (SSSR count). The SMILES string of the molecule is NC(=O)c1cc[n+](Cc2ccccc2)cc1.[I-]. The number of rotatable bonds is 3. The molecule has 0 spiro atoms. The number of amides is 1. The highest BCUT2D eigenvalue weighted by Crippen LogP contribution is 1.98. The van der Waals surface area contributed by atoms with E-state index in [1.165, 1.54) is 5.56 Å². The molecule has 0 aliphatic rings. The minimum absolute atomic E-state index is 0. The van der Waals surface area contributed by atoms with Gasteiger partial charge in [-0.2, -0.15) is 0 Å². The zero-order valence-corrected chi connectivity index (χ0v) is 11.4. The number of carbonyl (C=O) groups is 1. The van der Waals surface area contributed by atoms with E-state index in [1.54, 1.807) is 12.1 Å². The van der Waals surface area contributed by atoms with E-state index in [9.17, 15) is 4.79 Å². The number of hydrogen-bond donors (Lipinski definition) is 1. The second-order valence-electron chi connectivity index (χ2n) is 3.61. The van der Waals surface area contributed by atoms with Crippen molar-refractivity contribution in [2.24, 2.45) is 5.73 Å². The Kier molecular flexibility index (Phi) is 5.09. The Morgan fingerprint density at radius 3 is 2.18 bits per heavy atom. The van der Waals surface area contributed by atoms with Gasteiger partial charge in [0, 0.05) is 17.7 Å². The lowest BCUT2D eigenvalue weighted by Gasteiger charge is -1.98. The van der Waals surface area contributed by atoms with Crippen molar-refractivity contribution >= 4 is 5.91 Å². The van der Waals surface area contributed by atoms with Gasteiger partial charge in [0.05, 0.1) is 5.56 Å². The summed E-state index contributed by atoms with van der Waals surface area (Å²) in [5.41, 5.74) is 6.92. The van der Waals surface area contributed by atoms with Gasteiger partial charge >= 0.3 is 0 Å². The molecule has 1 aromatic carbocycles. The lowest BCUT2D eigenvalue weighted by molar-refractivity contribution is -0.688. The van der Waals surface area contributed by atoms with Gasteiger partial charge in [0.25, 0.3) is 0 Å². The molecule has 0 radical (unpaired) electrons. The van der Waals surface area contributed by atoms with Gasteiger partial charge in [0.15, 0.2) is 18.9 Å². The number of pyridine rings is 1. The van der Waals surface area contributed by atoms with Gasteiger partial charge in [-0.3, -0.25) is 4.79 Å². The summed E-state index contributed by atoms with van der Waals surface area (Å²) in [6.45, 7) is 0.792. The Labute approximate surface area is 117 Å².